The molecular formula is C16H17N5. The Bertz CT molecular complexity index is 776. The van der Waals surface area contributed by atoms with Crippen molar-refractivity contribution in [3.63, 3.8) is 0 Å². The molecule has 3 rings (SSSR count). The molecule has 0 saturated heterocycles. The van der Waals surface area contributed by atoms with E-state index >= 15 is 0 Å². The van der Waals surface area contributed by atoms with Crippen LogP contribution < -0.4 is 5.73 Å². The van der Waals surface area contributed by atoms with Crippen LogP contribution in [-0.4, -0.2) is 20.2 Å². The van der Waals surface area contributed by atoms with Gasteiger partial charge < -0.3 is 5.73 Å². The molecule has 0 unspecified atom stereocenters. The molecule has 0 atom stereocenters. The van der Waals surface area contributed by atoms with Crippen molar-refractivity contribution < 1.29 is 0 Å². The van der Waals surface area contributed by atoms with E-state index in [1.54, 1.807) is 4.68 Å². The van der Waals surface area contributed by atoms with E-state index in [9.17, 15) is 0 Å². The van der Waals surface area contributed by atoms with E-state index in [1.807, 2.05) is 31.2 Å². The lowest BCUT2D eigenvalue weighted by Gasteiger charge is -2.07. The molecule has 2 N–H and O–H groups in total. The monoisotopic (exact) mass is 279 g/mol. The van der Waals surface area contributed by atoms with E-state index in [0.29, 0.717) is 6.54 Å². The van der Waals surface area contributed by atoms with Crippen LogP contribution >= 0.6 is 0 Å². The zero-order valence-electron chi connectivity index (χ0n) is 12.1. The number of nitrogens with two attached hydrogens (primary N) is 1. The summed E-state index contributed by atoms with van der Waals surface area (Å²) in [6.45, 7) is 4.69. The second kappa shape index (κ2) is 5.36. The minimum absolute atomic E-state index is 0.637. The van der Waals surface area contributed by atoms with Crippen molar-refractivity contribution in [1.29, 1.82) is 0 Å². The highest BCUT2D eigenvalue weighted by Crippen LogP contribution is 2.22. The maximum atomic E-state index is 5.97. The molecule has 0 aliphatic carbocycles. The van der Waals surface area contributed by atoms with Crippen LogP contribution in [-0.2, 0) is 6.54 Å². The Morgan fingerprint density at radius 1 is 1.10 bits per heavy atom. The lowest BCUT2D eigenvalue weighted by molar-refractivity contribution is 0.653. The number of aromatic nitrogens is 4. The number of rotatable bonds is 3. The first kappa shape index (κ1) is 13.3. The lowest BCUT2D eigenvalue weighted by Crippen LogP contribution is -2.05. The highest BCUT2D eigenvalue weighted by atomic mass is 15.5. The summed E-state index contributed by atoms with van der Waals surface area (Å²) >= 11 is 0. The van der Waals surface area contributed by atoms with Crippen molar-refractivity contribution in [2.45, 2.75) is 20.4 Å². The topological polar surface area (TPSA) is 69.6 Å². The number of aryl methyl sites for hydroxylation is 2. The quantitative estimate of drug-likeness (QED) is 0.748. The maximum absolute atomic E-state index is 5.97. The van der Waals surface area contributed by atoms with Crippen molar-refractivity contribution in [1.82, 2.24) is 20.2 Å². The molecular weight excluding hydrogens is 262 g/mol. The molecule has 0 saturated carbocycles. The van der Waals surface area contributed by atoms with E-state index in [2.05, 4.69) is 40.6 Å². The Labute approximate surface area is 123 Å². The first-order valence-corrected chi connectivity index (χ1v) is 6.82. The molecule has 5 nitrogen and oxygen atoms in total. The number of anilines is 1. The predicted octanol–water partition coefficient (Wildman–Crippen LogP) is 2.59. The van der Waals surface area contributed by atoms with Crippen LogP contribution in [0.3, 0.4) is 0 Å². The van der Waals surface area contributed by atoms with Gasteiger partial charge >= 0.3 is 0 Å². The number of nitrogens with zero attached hydrogens (tertiary/aromatic N) is 4. The van der Waals surface area contributed by atoms with Gasteiger partial charge in [-0.2, -0.15) is 0 Å². The van der Waals surface area contributed by atoms with E-state index in [4.69, 9.17) is 5.73 Å². The Morgan fingerprint density at radius 3 is 2.71 bits per heavy atom. The summed E-state index contributed by atoms with van der Waals surface area (Å²) in [5.74, 6) is 0.725. The number of benzene rings is 2. The normalized spacial score (nSPS) is 10.8. The maximum Gasteiger partial charge on any atom is 0.182 e. The van der Waals surface area contributed by atoms with E-state index in [-0.39, 0.29) is 0 Å². The van der Waals surface area contributed by atoms with Gasteiger partial charge in [-0.25, -0.2) is 4.68 Å². The molecule has 1 aromatic heterocycles. The molecule has 0 aliphatic rings. The molecule has 1 heterocycles. The highest BCUT2D eigenvalue weighted by molar-refractivity contribution is 5.63. The van der Waals surface area contributed by atoms with E-state index in [0.717, 1.165) is 22.6 Å². The first-order valence-electron chi connectivity index (χ1n) is 6.82. The molecule has 0 fully saturated rings. The van der Waals surface area contributed by atoms with Crippen LogP contribution in [0.25, 0.3) is 11.4 Å². The fourth-order valence-corrected chi connectivity index (χ4v) is 2.28. The smallest absolute Gasteiger partial charge is 0.182 e. The van der Waals surface area contributed by atoms with Gasteiger partial charge in [0.25, 0.3) is 0 Å². The third kappa shape index (κ3) is 2.76. The van der Waals surface area contributed by atoms with Crippen LogP contribution in [0, 0.1) is 13.8 Å². The van der Waals surface area contributed by atoms with Crippen molar-refractivity contribution in [2.24, 2.45) is 0 Å². The Kier molecular flexibility index (Phi) is 3.39. The van der Waals surface area contributed by atoms with Gasteiger partial charge in [0.05, 0.1) is 6.54 Å². The van der Waals surface area contributed by atoms with Gasteiger partial charge in [0.15, 0.2) is 5.82 Å². The van der Waals surface area contributed by atoms with Crippen molar-refractivity contribution >= 4 is 5.69 Å². The fraction of sp³-hybridized carbons (Fsp3) is 0.188. The molecule has 2 aromatic carbocycles. The first-order chi connectivity index (χ1) is 10.1. The highest BCUT2D eigenvalue weighted by Gasteiger charge is 2.10. The van der Waals surface area contributed by atoms with Gasteiger partial charge in [-0.15, -0.1) is 5.10 Å². The van der Waals surface area contributed by atoms with Crippen LogP contribution in [0.15, 0.2) is 42.5 Å². The van der Waals surface area contributed by atoms with Crippen molar-refractivity contribution in [2.75, 3.05) is 5.73 Å². The third-order valence-electron chi connectivity index (χ3n) is 3.48. The van der Waals surface area contributed by atoms with Gasteiger partial charge in [0.2, 0.25) is 0 Å². The molecule has 21 heavy (non-hydrogen) atoms. The molecule has 3 aromatic rings. The summed E-state index contributed by atoms with van der Waals surface area (Å²) < 4.78 is 1.79. The standard InChI is InChI=1S/C16H17N5/c1-11-4-3-5-13(8-11)10-21-16(18-19-20-21)14-7-6-12(2)15(17)9-14/h3-9H,10,17H2,1-2H3. The summed E-state index contributed by atoms with van der Waals surface area (Å²) in [5, 5.41) is 12.0. The Hall–Kier alpha value is -2.69. The van der Waals surface area contributed by atoms with Gasteiger partial charge in [0, 0.05) is 11.3 Å². The van der Waals surface area contributed by atoms with E-state index in [1.165, 1.54) is 11.1 Å². The van der Waals surface area contributed by atoms with Crippen LogP contribution in [0.1, 0.15) is 16.7 Å². The van der Waals surface area contributed by atoms with Gasteiger partial charge in [-0.05, 0) is 41.5 Å². The molecule has 0 radical (unpaired) electrons. The predicted molar refractivity (Wildman–Crippen MR) is 82.7 cm³/mol. The average molecular weight is 279 g/mol. The van der Waals surface area contributed by atoms with Gasteiger partial charge in [0.1, 0.15) is 0 Å². The third-order valence-corrected chi connectivity index (χ3v) is 3.48. The zero-order valence-corrected chi connectivity index (χ0v) is 12.1. The lowest BCUT2D eigenvalue weighted by atomic mass is 10.1. The number of hydrogen-bond donors (Lipinski definition) is 1. The second-order valence-corrected chi connectivity index (χ2v) is 5.22. The minimum Gasteiger partial charge on any atom is -0.398 e. The molecule has 0 spiro atoms. The second-order valence-electron chi connectivity index (χ2n) is 5.22. The largest absolute Gasteiger partial charge is 0.398 e. The molecule has 5 heteroatoms. The summed E-state index contributed by atoms with van der Waals surface area (Å²) in [7, 11) is 0. The number of nitrogen functional groups attached to an aromatic ring is 1. The van der Waals surface area contributed by atoms with Crippen molar-refractivity contribution in [3.8, 4) is 11.4 Å². The molecule has 0 bridgehead atoms. The summed E-state index contributed by atoms with van der Waals surface area (Å²) in [6.07, 6.45) is 0. The minimum atomic E-state index is 0.637. The Morgan fingerprint density at radius 2 is 1.95 bits per heavy atom. The fourth-order valence-electron chi connectivity index (χ4n) is 2.28. The Balaban J connectivity index is 1.95. The average Bonchev–Trinajstić information content (AvgIpc) is 2.90. The number of hydrogen-bond acceptors (Lipinski definition) is 4. The summed E-state index contributed by atoms with van der Waals surface area (Å²) in [4.78, 5) is 0. The van der Waals surface area contributed by atoms with E-state index < -0.39 is 0 Å². The molecule has 0 aliphatic heterocycles. The van der Waals surface area contributed by atoms with Gasteiger partial charge in [-0.3, -0.25) is 0 Å². The molecule has 106 valence electrons. The van der Waals surface area contributed by atoms with Crippen molar-refractivity contribution in [3.05, 3.63) is 59.2 Å². The van der Waals surface area contributed by atoms with Gasteiger partial charge in [-0.1, -0.05) is 42.0 Å². The van der Waals surface area contributed by atoms with Crippen LogP contribution in [0.4, 0.5) is 5.69 Å². The van der Waals surface area contributed by atoms with Crippen LogP contribution in [0.2, 0.25) is 0 Å². The molecule has 0 amide bonds. The SMILES string of the molecule is Cc1cccc(Cn2nnnc2-c2ccc(C)c(N)c2)c1. The summed E-state index contributed by atoms with van der Waals surface area (Å²) in [5.41, 5.74) is 11.1. The zero-order chi connectivity index (χ0) is 14.8. The summed E-state index contributed by atoms with van der Waals surface area (Å²) in [6, 6.07) is 14.2. The number of tetrazole rings is 1. The van der Waals surface area contributed by atoms with Crippen LogP contribution in [0.5, 0.6) is 0 Å².